The maximum atomic E-state index is 13.1. The molecular formula is C23H32N4O2S. The average Bonchev–Trinajstić information content (AvgIpc) is 2.72. The molecule has 2 atom stereocenters. The van der Waals surface area contributed by atoms with Crippen LogP contribution in [0.4, 0.5) is 0 Å². The van der Waals surface area contributed by atoms with Gasteiger partial charge < -0.3 is 11.1 Å². The molecule has 6 nitrogen and oxygen atoms in total. The third-order valence-electron chi connectivity index (χ3n) is 6.75. The van der Waals surface area contributed by atoms with Crippen molar-refractivity contribution in [1.29, 1.82) is 5.41 Å². The lowest BCUT2D eigenvalue weighted by molar-refractivity contribution is 0.202. The molecule has 4 rings (SSSR count). The summed E-state index contributed by atoms with van der Waals surface area (Å²) in [6, 6.07) is 5.75. The largest absolute Gasteiger partial charge is 0.370 e. The predicted molar refractivity (Wildman–Crippen MR) is 120 cm³/mol. The Morgan fingerprint density at radius 1 is 1.10 bits per heavy atom. The van der Waals surface area contributed by atoms with Gasteiger partial charge in [0.25, 0.3) is 0 Å². The van der Waals surface area contributed by atoms with Crippen LogP contribution in [0.25, 0.3) is 0 Å². The fourth-order valence-electron chi connectivity index (χ4n) is 4.96. The van der Waals surface area contributed by atoms with E-state index in [0.29, 0.717) is 29.2 Å². The quantitative estimate of drug-likeness (QED) is 0.477. The van der Waals surface area contributed by atoms with Gasteiger partial charge in [0, 0.05) is 6.54 Å². The van der Waals surface area contributed by atoms with Crippen LogP contribution in [0, 0.1) is 23.2 Å². The second-order valence-corrected chi connectivity index (χ2v) is 10.8. The Labute approximate surface area is 179 Å². The number of nitrogens with one attached hydrogen (secondary N) is 2. The Morgan fingerprint density at radius 3 is 2.43 bits per heavy atom. The first-order valence-electron chi connectivity index (χ1n) is 10.9. The minimum atomic E-state index is -3.33. The summed E-state index contributed by atoms with van der Waals surface area (Å²) in [7, 11) is -3.33. The van der Waals surface area contributed by atoms with Crippen molar-refractivity contribution in [2.75, 3.05) is 25.5 Å². The summed E-state index contributed by atoms with van der Waals surface area (Å²) < 4.78 is 26.2. The Balaban J connectivity index is 1.35. The molecule has 1 aromatic rings. The second-order valence-electron chi connectivity index (χ2n) is 8.87. The molecule has 3 aliphatic rings. The van der Waals surface area contributed by atoms with Crippen LogP contribution >= 0.6 is 0 Å². The standard InChI is InChI=1S/C23H32N4O2S/c24-23(25)26-10-7-17-8-11-27(12-9-17)16-30(28,29)22-6-5-20-13-18-3-1-2-4-19(18)14-21(20)15-22/h1-6,15,17-19H,7-14,16H2,(H4,24,25,26). The number of fused-ring (bicyclic) bond motifs is 2. The number of nitrogens with two attached hydrogens (primary N) is 1. The fraction of sp³-hybridized carbons (Fsp3) is 0.522. The van der Waals surface area contributed by atoms with Crippen molar-refractivity contribution in [3.05, 3.63) is 53.6 Å². The molecular weight excluding hydrogens is 396 g/mol. The number of allylic oxidation sites excluding steroid dienone is 4. The maximum Gasteiger partial charge on any atom is 0.191 e. The van der Waals surface area contributed by atoms with E-state index in [-0.39, 0.29) is 11.8 Å². The van der Waals surface area contributed by atoms with Gasteiger partial charge in [-0.3, -0.25) is 10.3 Å². The van der Waals surface area contributed by atoms with Crippen LogP contribution < -0.4 is 11.1 Å². The van der Waals surface area contributed by atoms with E-state index in [1.165, 1.54) is 11.1 Å². The number of sulfone groups is 1. The van der Waals surface area contributed by atoms with Crippen molar-refractivity contribution in [2.24, 2.45) is 23.5 Å². The minimum absolute atomic E-state index is 0.00933. The monoisotopic (exact) mass is 428 g/mol. The normalized spacial score (nSPS) is 24.3. The van der Waals surface area contributed by atoms with Gasteiger partial charge in [-0.15, -0.1) is 0 Å². The third kappa shape index (κ3) is 4.95. The van der Waals surface area contributed by atoms with Gasteiger partial charge in [0.2, 0.25) is 0 Å². The SMILES string of the molecule is N=C(N)NCCC1CCN(CS(=O)(=O)c2ccc3c(c2)CC2C=CC=CC2C3)CC1. The highest BCUT2D eigenvalue weighted by Gasteiger charge is 2.29. The molecule has 1 heterocycles. The zero-order valence-electron chi connectivity index (χ0n) is 17.4. The highest BCUT2D eigenvalue weighted by molar-refractivity contribution is 7.91. The first-order chi connectivity index (χ1) is 14.4. The van der Waals surface area contributed by atoms with Crippen LogP contribution in [-0.2, 0) is 22.7 Å². The summed E-state index contributed by atoms with van der Waals surface area (Å²) in [4.78, 5) is 2.52. The molecule has 0 amide bonds. The molecule has 0 saturated carbocycles. The second kappa shape index (κ2) is 8.94. The average molecular weight is 429 g/mol. The van der Waals surface area contributed by atoms with Gasteiger partial charge in [0.1, 0.15) is 5.88 Å². The number of nitrogens with zero attached hydrogens (tertiary/aromatic N) is 1. The van der Waals surface area contributed by atoms with Crippen molar-refractivity contribution >= 4 is 15.8 Å². The van der Waals surface area contributed by atoms with Gasteiger partial charge in [0.05, 0.1) is 4.90 Å². The van der Waals surface area contributed by atoms with Gasteiger partial charge in [-0.2, -0.15) is 0 Å². The van der Waals surface area contributed by atoms with Crippen LogP contribution in [0.5, 0.6) is 0 Å². The number of hydrogen-bond acceptors (Lipinski definition) is 4. The van der Waals surface area contributed by atoms with Crippen molar-refractivity contribution in [3.8, 4) is 0 Å². The highest BCUT2D eigenvalue weighted by atomic mass is 32.2. The van der Waals surface area contributed by atoms with Gasteiger partial charge in [-0.25, -0.2) is 8.42 Å². The highest BCUT2D eigenvalue weighted by Crippen LogP contribution is 2.35. The molecule has 162 valence electrons. The molecule has 1 aliphatic heterocycles. The molecule has 0 radical (unpaired) electrons. The van der Waals surface area contributed by atoms with Crippen LogP contribution in [0.15, 0.2) is 47.4 Å². The van der Waals surface area contributed by atoms with E-state index in [9.17, 15) is 8.42 Å². The van der Waals surface area contributed by atoms with E-state index in [4.69, 9.17) is 11.1 Å². The van der Waals surface area contributed by atoms with E-state index < -0.39 is 9.84 Å². The van der Waals surface area contributed by atoms with Gasteiger partial charge >= 0.3 is 0 Å². The Hall–Kier alpha value is -2.12. The summed E-state index contributed by atoms with van der Waals surface area (Å²) in [5.74, 6) is 1.69. The number of piperidine rings is 1. The fourth-order valence-corrected chi connectivity index (χ4v) is 6.45. The van der Waals surface area contributed by atoms with E-state index >= 15 is 0 Å². The molecule has 1 aromatic carbocycles. The number of benzene rings is 1. The lowest BCUT2D eigenvalue weighted by Crippen LogP contribution is -2.38. The van der Waals surface area contributed by atoms with Crippen molar-refractivity contribution < 1.29 is 8.42 Å². The summed E-state index contributed by atoms with van der Waals surface area (Å²) in [6.45, 7) is 2.31. The molecule has 1 fully saturated rings. The first kappa shape index (κ1) is 21.1. The zero-order chi connectivity index (χ0) is 21.1. The van der Waals surface area contributed by atoms with E-state index in [0.717, 1.165) is 45.2 Å². The Kier molecular flexibility index (Phi) is 6.29. The maximum absolute atomic E-state index is 13.1. The van der Waals surface area contributed by atoms with E-state index in [2.05, 4.69) is 34.5 Å². The number of likely N-dealkylation sites (tertiary alicyclic amines) is 1. The van der Waals surface area contributed by atoms with Crippen molar-refractivity contribution in [2.45, 2.75) is 37.0 Å². The minimum Gasteiger partial charge on any atom is -0.370 e. The number of hydrogen-bond donors (Lipinski definition) is 3. The number of guanidine groups is 1. The zero-order valence-corrected chi connectivity index (χ0v) is 18.2. The molecule has 4 N–H and O–H groups in total. The Bertz CT molecular complexity index is 946. The molecule has 0 spiro atoms. The summed E-state index contributed by atoms with van der Waals surface area (Å²) in [5, 5.41) is 10.1. The summed E-state index contributed by atoms with van der Waals surface area (Å²) >= 11 is 0. The van der Waals surface area contributed by atoms with Crippen LogP contribution in [-0.4, -0.2) is 44.8 Å². The van der Waals surface area contributed by atoms with Gasteiger partial charge in [0.15, 0.2) is 15.8 Å². The molecule has 2 unspecified atom stereocenters. The molecule has 30 heavy (non-hydrogen) atoms. The lowest BCUT2D eigenvalue weighted by Gasteiger charge is -2.32. The van der Waals surface area contributed by atoms with E-state index in [1.54, 1.807) is 6.07 Å². The molecule has 2 aliphatic carbocycles. The first-order valence-corrected chi connectivity index (χ1v) is 12.6. The lowest BCUT2D eigenvalue weighted by atomic mass is 9.74. The molecule has 0 bridgehead atoms. The third-order valence-corrected chi connectivity index (χ3v) is 8.43. The van der Waals surface area contributed by atoms with E-state index in [1.807, 2.05) is 12.1 Å². The Morgan fingerprint density at radius 2 is 1.77 bits per heavy atom. The summed E-state index contributed by atoms with van der Waals surface area (Å²) in [6.07, 6.45) is 13.6. The topological polar surface area (TPSA) is 99.3 Å². The van der Waals surface area contributed by atoms with Crippen LogP contribution in [0.2, 0.25) is 0 Å². The van der Waals surface area contributed by atoms with Crippen molar-refractivity contribution in [3.63, 3.8) is 0 Å². The number of rotatable bonds is 6. The van der Waals surface area contributed by atoms with Crippen molar-refractivity contribution in [1.82, 2.24) is 10.2 Å². The predicted octanol–water partition coefficient (Wildman–Crippen LogP) is 2.46. The molecule has 7 heteroatoms. The molecule has 0 aromatic heterocycles. The van der Waals surface area contributed by atoms with Gasteiger partial charge in [-0.1, -0.05) is 30.4 Å². The van der Waals surface area contributed by atoms with Crippen LogP contribution in [0.1, 0.15) is 30.4 Å². The molecule has 1 saturated heterocycles. The smallest absolute Gasteiger partial charge is 0.191 e. The van der Waals surface area contributed by atoms with Crippen LogP contribution in [0.3, 0.4) is 0 Å². The summed E-state index contributed by atoms with van der Waals surface area (Å²) in [5.41, 5.74) is 7.80. The van der Waals surface area contributed by atoms with Gasteiger partial charge in [-0.05, 0) is 86.2 Å².